The molecule has 0 aromatic heterocycles. The van der Waals surface area contributed by atoms with Crippen molar-refractivity contribution in [2.45, 2.75) is 39.3 Å². The van der Waals surface area contributed by atoms with Gasteiger partial charge < -0.3 is 15.1 Å². The minimum Gasteiger partial charge on any atom is -0.377 e. The normalized spacial score (nSPS) is 14.3. The van der Waals surface area contributed by atoms with Gasteiger partial charge in [-0.25, -0.2) is 0 Å². The van der Waals surface area contributed by atoms with E-state index in [2.05, 4.69) is 5.32 Å². The molecule has 5 heteroatoms. The quantitative estimate of drug-likeness (QED) is 0.784. The van der Waals surface area contributed by atoms with Gasteiger partial charge in [0.15, 0.2) is 0 Å². The number of hydrogen-bond donors (Lipinski definition) is 1. The van der Waals surface area contributed by atoms with Crippen LogP contribution < -0.4 is 10.2 Å². The third-order valence-corrected chi connectivity index (χ3v) is 5.27. The minimum atomic E-state index is -0.0431. The molecule has 1 N–H and O–H groups in total. The maximum Gasteiger partial charge on any atom is 0.227 e. The van der Waals surface area contributed by atoms with Gasteiger partial charge in [0, 0.05) is 44.9 Å². The van der Waals surface area contributed by atoms with E-state index in [1.165, 1.54) is 0 Å². The van der Waals surface area contributed by atoms with Gasteiger partial charge in [0.25, 0.3) is 0 Å². The van der Waals surface area contributed by atoms with Crippen molar-refractivity contribution < 1.29 is 9.59 Å². The summed E-state index contributed by atoms with van der Waals surface area (Å²) in [5, 5.41) is 3.01. The maximum absolute atomic E-state index is 12.4. The summed E-state index contributed by atoms with van der Waals surface area (Å²) in [4.78, 5) is 28.5. The monoisotopic (exact) mass is 379 g/mol. The number of anilines is 2. The van der Waals surface area contributed by atoms with E-state index < -0.39 is 0 Å². The van der Waals surface area contributed by atoms with Crippen molar-refractivity contribution in [3.63, 3.8) is 0 Å². The molecule has 2 amide bonds. The largest absolute Gasteiger partial charge is 0.377 e. The van der Waals surface area contributed by atoms with Gasteiger partial charge in [0.05, 0.1) is 6.04 Å². The summed E-state index contributed by atoms with van der Waals surface area (Å²) < 4.78 is 0. The average Bonchev–Trinajstić information content (AvgIpc) is 3.51. The Kier molecular flexibility index (Phi) is 6.02. The Morgan fingerprint density at radius 2 is 1.79 bits per heavy atom. The zero-order valence-corrected chi connectivity index (χ0v) is 17.1. The molecule has 1 atom stereocenters. The highest BCUT2D eigenvalue weighted by atomic mass is 16.2. The van der Waals surface area contributed by atoms with Gasteiger partial charge in [-0.2, -0.15) is 0 Å². The summed E-state index contributed by atoms with van der Waals surface area (Å²) in [5.41, 5.74) is 3.93. The van der Waals surface area contributed by atoms with Crippen molar-refractivity contribution in [2.24, 2.45) is 5.92 Å². The van der Waals surface area contributed by atoms with Crippen LogP contribution in [0.25, 0.3) is 0 Å². The third-order valence-electron chi connectivity index (χ3n) is 5.27. The van der Waals surface area contributed by atoms with Gasteiger partial charge in [0.1, 0.15) is 0 Å². The summed E-state index contributed by atoms with van der Waals surface area (Å²) >= 11 is 0. The van der Waals surface area contributed by atoms with Crippen LogP contribution in [0.3, 0.4) is 0 Å². The lowest BCUT2D eigenvalue weighted by Gasteiger charge is -2.30. The first-order valence-corrected chi connectivity index (χ1v) is 9.80. The van der Waals surface area contributed by atoms with E-state index in [1.807, 2.05) is 79.3 Å². The molecule has 1 aliphatic rings. The molecular weight excluding hydrogens is 350 g/mol. The molecule has 0 bridgehead atoms. The Hall–Kier alpha value is -2.82. The van der Waals surface area contributed by atoms with Crippen LogP contribution >= 0.6 is 0 Å². The highest BCUT2D eigenvalue weighted by molar-refractivity contribution is 5.94. The van der Waals surface area contributed by atoms with E-state index in [0.29, 0.717) is 6.54 Å². The van der Waals surface area contributed by atoms with Gasteiger partial charge >= 0.3 is 0 Å². The molecule has 1 fully saturated rings. The predicted octanol–water partition coefficient (Wildman–Crippen LogP) is 4.21. The Bertz CT molecular complexity index is 844. The van der Waals surface area contributed by atoms with Gasteiger partial charge in [-0.15, -0.1) is 0 Å². The van der Waals surface area contributed by atoms with E-state index in [1.54, 1.807) is 6.92 Å². The van der Waals surface area contributed by atoms with Crippen molar-refractivity contribution in [1.29, 1.82) is 0 Å². The van der Waals surface area contributed by atoms with Gasteiger partial charge in [-0.3, -0.25) is 9.59 Å². The molecule has 0 aliphatic heterocycles. The van der Waals surface area contributed by atoms with Crippen LogP contribution in [0.15, 0.2) is 48.5 Å². The molecule has 3 rings (SSSR count). The van der Waals surface area contributed by atoms with Crippen LogP contribution in [0.1, 0.15) is 43.9 Å². The Morgan fingerprint density at radius 3 is 2.36 bits per heavy atom. The second kappa shape index (κ2) is 8.46. The maximum atomic E-state index is 12.4. The second-order valence-electron chi connectivity index (χ2n) is 7.74. The average molecular weight is 380 g/mol. The molecule has 148 valence electrons. The zero-order chi connectivity index (χ0) is 20.3. The Morgan fingerprint density at radius 1 is 1.11 bits per heavy atom. The fraction of sp³-hybridized carbons (Fsp3) is 0.391. The SMILES string of the molecule is CC(=O)N(Cc1cc(NC(=O)C2CC2)ccc1N(C)C)[C@H](C)c1ccccc1. The zero-order valence-electron chi connectivity index (χ0n) is 17.1. The number of carbonyl (C=O) groups is 2. The number of rotatable bonds is 7. The molecule has 0 radical (unpaired) electrons. The first-order chi connectivity index (χ1) is 13.4. The van der Waals surface area contributed by atoms with Gasteiger partial charge in [0.2, 0.25) is 11.8 Å². The van der Waals surface area contributed by atoms with Crippen LogP contribution in [0, 0.1) is 5.92 Å². The number of nitrogens with zero attached hydrogens (tertiary/aromatic N) is 2. The molecule has 1 saturated carbocycles. The lowest BCUT2D eigenvalue weighted by atomic mass is 10.0. The molecule has 0 heterocycles. The summed E-state index contributed by atoms with van der Waals surface area (Å²) in [6.07, 6.45) is 1.95. The topological polar surface area (TPSA) is 52.7 Å². The van der Waals surface area contributed by atoms with Gasteiger partial charge in [-0.05, 0) is 49.1 Å². The summed E-state index contributed by atoms with van der Waals surface area (Å²) in [7, 11) is 3.97. The fourth-order valence-corrected chi connectivity index (χ4v) is 3.43. The van der Waals surface area contributed by atoms with Crippen LogP contribution in [0.5, 0.6) is 0 Å². The van der Waals surface area contributed by atoms with E-state index in [0.717, 1.165) is 35.3 Å². The lowest BCUT2D eigenvalue weighted by molar-refractivity contribution is -0.131. The number of amides is 2. The van der Waals surface area contributed by atoms with Crippen LogP contribution in [0.2, 0.25) is 0 Å². The Labute approximate surface area is 167 Å². The molecule has 2 aromatic rings. The predicted molar refractivity (Wildman–Crippen MR) is 113 cm³/mol. The van der Waals surface area contributed by atoms with Crippen molar-refractivity contribution in [3.8, 4) is 0 Å². The summed E-state index contributed by atoms with van der Waals surface area (Å²) in [6.45, 7) is 4.13. The first kappa shape index (κ1) is 19.9. The third kappa shape index (κ3) is 4.71. The summed E-state index contributed by atoms with van der Waals surface area (Å²) in [6, 6.07) is 15.9. The molecule has 0 saturated heterocycles. The Balaban J connectivity index is 1.87. The number of benzene rings is 2. The first-order valence-electron chi connectivity index (χ1n) is 9.80. The van der Waals surface area contributed by atoms with E-state index in [-0.39, 0.29) is 23.8 Å². The van der Waals surface area contributed by atoms with Crippen LogP contribution in [0.4, 0.5) is 11.4 Å². The number of nitrogens with one attached hydrogen (secondary N) is 1. The minimum absolute atomic E-state index is 0.0217. The van der Waals surface area contributed by atoms with Crippen LogP contribution in [-0.4, -0.2) is 30.8 Å². The van der Waals surface area contributed by atoms with Crippen molar-refractivity contribution >= 4 is 23.2 Å². The van der Waals surface area contributed by atoms with E-state index >= 15 is 0 Å². The summed E-state index contributed by atoms with van der Waals surface area (Å²) in [5.74, 6) is 0.266. The lowest BCUT2D eigenvalue weighted by Crippen LogP contribution is -2.31. The molecule has 5 nitrogen and oxygen atoms in total. The smallest absolute Gasteiger partial charge is 0.227 e. The molecule has 2 aromatic carbocycles. The number of hydrogen-bond acceptors (Lipinski definition) is 3. The molecule has 0 unspecified atom stereocenters. The number of carbonyl (C=O) groups excluding carboxylic acids is 2. The van der Waals surface area contributed by atoms with Gasteiger partial charge in [-0.1, -0.05) is 30.3 Å². The van der Waals surface area contributed by atoms with Crippen LogP contribution in [-0.2, 0) is 16.1 Å². The molecule has 28 heavy (non-hydrogen) atoms. The van der Waals surface area contributed by atoms with Crippen molar-refractivity contribution in [1.82, 2.24) is 4.90 Å². The molecule has 0 spiro atoms. The highest BCUT2D eigenvalue weighted by Gasteiger charge is 2.29. The van der Waals surface area contributed by atoms with E-state index in [4.69, 9.17) is 0 Å². The second-order valence-corrected chi connectivity index (χ2v) is 7.74. The van der Waals surface area contributed by atoms with Crippen molar-refractivity contribution in [2.75, 3.05) is 24.3 Å². The molecular formula is C23H29N3O2. The van der Waals surface area contributed by atoms with Crippen molar-refractivity contribution in [3.05, 3.63) is 59.7 Å². The molecule has 1 aliphatic carbocycles. The fourth-order valence-electron chi connectivity index (χ4n) is 3.43. The van der Waals surface area contributed by atoms with E-state index in [9.17, 15) is 9.59 Å². The standard InChI is InChI=1S/C23H29N3O2/c1-16(18-8-6-5-7-9-18)26(17(2)27)15-20-14-21(12-13-22(20)25(3)4)24-23(28)19-10-11-19/h5-9,12-14,16,19H,10-11,15H2,1-4H3,(H,24,28)/t16-/m1/s1. The highest BCUT2D eigenvalue weighted by Crippen LogP contribution is 2.32.